The lowest BCUT2D eigenvalue weighted by atomic mass is 10.0. The van der Waals surface area contributed by atoms with Crippen LogP contribution in [0.5, 0.6) is 11.5 Å². The van der Waals surface area contributed by atoms with Crippen LogP contribution in [0.1, 0.15) is 27.2 Å². The van der Waals surface area contributed by atoms with Gasteiger partial charge in [-0.15, -0.1) is 0 Å². The number of ether oxygens (including phenoxy) is 3. The number of rotatable bonds is 7. The summed E-state index contributed by atoms with van der Waals surface area (Å²) in [6, 6.07) is 7.40. The average Bonchev–Trinajstić information content (AvgIpc) is 2.39. The van der Waals surface area contributed by atoms with Crippen LogP contribution in [0.15, 0.2) is 24.3 Å². The van der Waals surface area contributed by atoms with E-state index >= 15 is 0 Å². The summed E-state index contributed by atoms with van der Waals surface area (Å²) in [5.74, 6) is 1.48. The van der Waals surface area contributed by atoms with Crippen molar-refractivity contribution in [1.82, 2.24) is 0 Å². The van der Waals surface area contributed by atoms with Gasteiger partial charge in [0.15, 0.2) is 0 Å². The van der Waals surface area contributed by atoms with Crippen LogP contribution in [0, 0.1) is 5.92 Å². The van der Waals surface area contributed by atoms with Crippen molar-refractivity contribution in [3.8, 4) is 11.5 Å². The van der Waals surface area contributed by atoms with Gasteiger partial charge in [0, 0.05) is 5.92 Å². The van der Waals surface area contributed by atoms with Gasteiger partial charge in [-0.2, -0.15) is 0 Å². The van der Waals surface area contributed by atoms with Crippen molar-refractivity contribution in [3.05, 3.63) is 24.3 Å². The first-order chi connectivity index (χ1) is 9.06. The molecule has 0 N–H and O–H groups in total. The standard InChI is InChI=1S/C15H22O4/c1-5-18-15(16)10-11(2)12(3)19-14-8-6-13(17-4)7-9-14/h6-9,11-12H,5,10H2,1-4H3. The molecule has 0 aromatic heterocycles. The van der Waals surface area contributed by atoms with Crippen molar-refractivity contribution in [2.45, 2.75) is 33.3 Å². The molecule has 0 heterocycles. The van der Waals surface area contributed by atoms with Crippen LogP contribution in [0.25, 0.3) is 0 Å². The molecule has 0 spiro atoms. The third-order valence-corrected chi connectivity index (χ3v) is 2.98. The molecule has 4 heteroatoms. The summed E-state index contributed by atoms with van der Waals surface area (Å²) in [5, 5.41) is 0. The second-order valence-corrected chi connectivity index (χ2v) is 4.48. The van der Waals surface area contributed by atoms with Crippen LogP contribution in [0.2, 0.25) is 0 Å². The quantitative estimate of drug-likeness (QED) is 0.711. The van der Waals surface area contributed by atoms with E-state index in [0.717, 1.165) is 11.5 Å². The summed E-state index contributed by atoms with van der Waals surface area (Å²) in [7, 11) is 1.62. The molecule has 1 aromatic carbocycles. The van der Waals surface area contributed by atoms with Crippen LogP contribution in [-0.2, 0) is 9.53 Å². The fraction of sp³-hybridized carbons (Fsp3) is 0.533. The molecule has 4 nitrogen and oxygen atoms in total. The molecule has 0 aliphatic carbocycles. The molecule has 0 aliphatic heterocycles. The summed E-state index contributed by atoms with van der Waals surface area (Å²) in [4.78, 5) is 11.4. The van der Waals surface area contributed by atoms with Crippen LogP contribution in [-0.4, -0.2) is 25.8 Å². The molecule has 0 amide bonds. The van der Waals surface area contributed by atoms with Crippen molar-refractivity contribution in [1.29, 1.82) is 0 Å². The second-order valence-electron chi connectivity index (χ2n) is 4.48. The Hall–Kier alpha value is -1.71. The van der Waals surface area contributed by atoms with Gasteiger partial charge in [0.1, 0.15) is 11.5 Å². The maximum atomic E-state index is 11.4. The van der Waals surface area contributed by atoms with Crippen molar-refractivity contribution < 1.29 is 19.0 Å². The number of carbonyl (C=O) groups excluding carboxylic acids is 1. The Morgan fingerprint density at radius 3 is 2.26 bits per heavy atom. The van der Waals surface area contributed by atoms with Crippen LogP contribution >= 0.6 is 0 Å². The van der Waals surface area contributed by atoms with E-state index in [4.69, 9.17) is 14.2 Å². The Morgan fingerprint density at radius 2 is 1.74 bits per heavy atom. The van der Waals surface area contributed by atoms with E-state index < -0.39 is 0 Å². The molecule has 1 rings (SSSR count). The number of benzene rings is 1. The maximum absolute atomic E-state index is 11.4. The molecule has 0 aliphatic rings. The highest BCUT2D eigenvalue weighted by atomic mass is 16.5. The topological polar surface area (TPSA) is 44.8 Å². The van der Waals surface area contributed by atoms with E-state index in [1.807, 2.05) is 38.1 Å². The smallest absolute Gasteiger partial charge is 0.306 e. The minimum Gasteiger partial charge on any atom is -0.497 e. The number of methoxy groups -OCH3 is 1. The molecule has 0 bridgehead atoms. The Morgan fingerprint density at radius 1 is 1.16 bits per heavy atom. The summed E-state index contributed by atoms with van der Waals surface area (Å²) < 4.78 is 15.8. The van der Waals surface area contributed by atoms with Gasteiger partial charge in [-0.3, -0.25) is 4.79 Å². The van der Waals surface area contributed by atoms with Gasteiger partial charge in [0.25, 0.3) is 0 Å². The lowest BCUT2D eigenvalue weighted by molar-refractivity contribution is -0.144. The van der Waals surface area contributed by atoms with Crippen LogP contribution in [0.3, 0.4) is 0 Å². The lowest BCUT2D eigenvalue weighted by Crippen LogP contribution is -2.24. The van der Waals surface area contributed by atoms with Crippen molar-refractivity contribution in [3.63, 3.8) is 0 Å². The van der Waals surface area contributed by atoms with Gasteiger partial charge in [0.2, 0.25) is 0 Å². The normalized spacial score (nSPS) is 13.5. The fourth-order valence-electron chi connectivity index (χ4n) is 1.63. The summed E-state index contributed by atoms with van der Waals surface area (Å²) in [6.45, 7) is 6.15. The van der Waals surface area contributed by atoms with Crippen LogP contribution in [0.4, 0.5) is 0 Å². The molecule has 2 unspecified atom stereocenters. The Balaban J connectivity index is 2.48. The first-order valence-electron chi connectivity index (χ1n) is 6.53. The molecule has 0 fully saturated rings. The van der Waals surface area contributed by atoms with Gasteiger partial charge in [-0.1, -0.05) is 6.92 Å². The fourth-order valence-corrected chi connectivity index (χ4v) is 1.63. The Kier molecular flexibility index (Phi) is 6.19. The molecule has 106 valence electrons. The van der Waals surface area contributed by atoms with Gasteiger partial charge in [-0.25, -0.2) is 0 Å². The van der Waals surface area contributed by atoms with Gasteiger partial charge in [-0.05, 0) is 38.1 Å². The molecule has 0 radical (unpaired) electrons. The minimum absolute atomic E-state index is 0.0576. The van der Waals surface area contributed by atoms with Crippen molar-refractivity contribution in [2.24, 2.45) is 5.92 Å². The SMILES string of the molecule is CCOC(=O)CC(C)C(C)Oc1ccc(OC)cc1. The number of hydrogen-bond donors (Lipinski definition) is 0. The molecule has 0 saturated carbocycles. The molecule has 0 saturated heterocycles. The van der Waals surface area contributed by atoms with E-state index in [1.54, 1.807) is 14.0 Å². The third-order valence-electron chi connectivity index (χ3n) is 2.98. The predicted octanol–water partition coefficient (Wildman–Crippen LogP) is 3.05. The number of hydrogen-bond acceptors (Lipinski definition) is 4. The maximum Gasteiger partial charge on any atom is 0.306 e. The largest absolute Gasteiger partial charge is 0.497 e. The zero-order chi connectivity index (χ0) is 14.3. The highest BCUT2D eigenvalue weighted by molar-refractivity contribution is 5.69. The molecule has 19 heavy (non-hydrogen) atoms. The number of esters is 1. The zero-order valence-electron chi connectivity index (χ0n) is 12.0. The molecular formula is C15H22O4. The van der Waals surface area contributed by atoms with Gasteiger partial charge >= 0.3 is 5.97 Å². The van der Waals surface area contributed by atoms with E-state index in [0.29, 0.717) is 13.0 Å². The van der Waals surface area contributed by atoms with Crippen molar-refractivity contribution in [2.75, 3.05) is 13.7 Å². The lowest BCUT2D eigenvalue weighted by Gasteiger charge is -2.21. The summed E-state index contributed by atoms with van der Waals surface area (Å²) in [5.41, 5.74) is 0. The van der Waals surface area contributed by atoms with E-state index in [1.165, 1.54) is 0 Å². The Bertz CT molecular complexity index is 386. The molecule has 2 atom stereocenters. The molecule has 1 aromatic rings. The van der Waals surface area contributed by atoms with Crippen molar-refractivity contribution >= 4 is 5.97 Å². The van der Waals surface area contributed by atoms with Gasteiger partial charge < -0.3 is 14.2 Å². The van der Waals surface area contributed by atoms with Crippen LogP contribution < -0.4 is 9.47 Å². The second kappa shape index (κ2) is 7.67. The zero-order valence-corrected chi connectivity index (χ0v) is 12.0. The molecular weight excluding hydrogens is 244 g/mol. The first-order valence-corrected chi connectivity index (χ1v) is 6.53. The monoisotopic (exact) mass is 266 g/mol. The highest BCUT2D eigenvalue weighted by Crippen LogP contribution is 2.21. The average molecular weight is 266 g/mol. The predicted molar refractivity (Wildman–Crippen MR) is 73.5 cm³/mol. The van der Waals surface area contributed by atoms with E-state index in [9.17, 15) is 4.79 Å². The summed E-state index contributed by atoms with van der Waals surface area (Å²) in [6.07, 6.45) is 0.309. The Labute approximate surface area is 114 Å². The van der Waals surface area contributed by atoms with Gasteiger partial charge in [0.05, 0.1) is 26.2 Å². The first kappa shape index (κ1) is 15.3. The van der Waals surface area contributed by atoms with E-state index in [-0.39, 0.29) is 18.0 Å². The van der Waals surface area contributed by atoms with E-state index in [2.05, 4.69) is 0 Å². The minimum atomic E-state index is -0.180. The summed E-state index contributed by atoms with van der Waals surface area (Å²) >= 11 is 0. The third kappa shape index (κ3) is 5.20. The number of carbonyl (C=O) groups is 1. The highest BCUT2D eigenvalue weighted by Gasteiger charge is 2.18.